The summed E-state index contributed by atoms with van der Waals surface area (Å²) in [5.41, 5.74) is 1.78. The molecule has 0 fully saturated rings. The SMILES string of the molecule is NC(=O)C(=Cn1cnc(-c2cc(C(F)(F)F)cc(C(F)(F)F)c2)n1)c1cccnc1Cl. The van der Waals surface area contributed by atoms with E-state index in [2.05, 4.69) is 15.1 Å². The molecule has 0 saturated heterocycles. The number of hydrogen-bond donors (Lipinski definition) is 1. The highest BCUT2D eigenvalue weighted by Crippen LogP contribution is 2.38. The molecule has 0 aliphatic rings. The number of alkyl halides is 6. The summed E-state index contributed by atoms with van der Waals surface area (Å²) < 4.78 is 79.2. The molecule has 3 rings (SSSR count). The van der Waals surface area contributed by atoms with Crippen LogP contribution in [0, 0.1) is 0 Å². The smallest absolute Gasteiger partial charge is 0.366 e. The standard InChI is InChI=1S/C18H10ClF6N5O/c19-14-12(2-1-3-27-14)13(15(26)31)7-30-8-28-16(29-30)9-4-10(17(20,21)22)6-11(5-9)18(23,24)25/h1-8H,(H2,26,31). The van der Waals surface area contributed by atoms with Crippen LogP contribution in [-0.2, 0) is 17.1 Å². The van der Waals surface area contributed by atoms with Gasteiger partial charge in [0.15, 0.2) is 5.82 Å². The minimum Gasteiger partial charge on any atom is -0.366 e. The molecule has 1 aromatic carbocycles. The molecule has 2 N–H and O–H groups in total. The van der Waals surface area contributed by atoms with Gasteiger partial charge in [0.2, 0.25) is 0 Å². The molecule has 0 saturated carbocycles. The lowest BCUT2D eigenvalue weighted by Gasteiger charge is -2.13. The highest BCUT2D eigenvalue weighted by atomic mass is 35.5. The van der Waals surface area contributed by atoms with Gasteiger partial charge in [0.05, 0.1) is 16.7 Å². The molecule has 6 nitrogen and oxygen atoms in total. The van der Waals surface area contributed by atoms with Crippen LogP contribution in [0.25, 0.3) is 23.2 Å². The fourth-order valence-electron chi connectivity index (χ4n) is 2.54. The third kappa shape index (κ3) is 5.02. The molecule has 162 valence electrons. The normalized spacial score (nSPS) is 12.8. The number of primary amides is 1. The van der Waals surface area contributed by atoms with Crippen LogP contribution < -0.4 is 5.73 Å². The van der Waals surface area contributed by atoms with Crippen molar-refractivity contribution in [1.82, 2.24) is 19.7 Å². The minimum atomic E-state index is -5.02. The third-order valence-electron chi connectivity index (χ3n) is 3.93. The molecule has 0 aliphatic carbocycles. The predicted octanol–water partition coefficient (Wildman–Crippen LogP) is 4.51. The number of carbonyl (C=O) groups excluding carboxylic acids is 1. The lowest BCUT2D eigenvalue weighted by atomic mass is 10.0. The van der Waals surface area contributed by atoms with Crippen molar-refractivity contribution in [2.75, 3.05) is 0 Å². The number of benzene rings is 1. The van der Waals surface area contributed by atoms with Crippen molar-refractivity contribution >= 4 is 29.3 Å². The topological polar surface area (TPSA) is 86.7 Å². The van der Waals surface area contributed by atoms with Crippen LogP contribution in [0.4, 0.5) is 26.3 Å². The predicted molar refractivity (Wildman–Crippen MR) is 98.1 cm³/mol. The molecule has 2 aromatic heterocycles. The summed E-state index contributed by atoms with van der Waals surface area (Å²) in [4.78, 5) is 19.3. The van der Waals surface area contributed by atoms with E-state index < -0.39 is 40.8 Å². The second-order valence-corrected chi connectivity index (χ2v) is 6.45. The number of nitrogens with zero attached hydrogens (tertiary/aromatic N) is 4. The summed E-state index contributed by atoms with van der Waals surface area (Å²) in [6, 6.07) is 3.89. The maximum Gasteiger partial charge on any atom is 0.416 e. The molecule has 3 aromatic rings. The second-order valence-electron chi connectivity index (χ2n) is 6.09. The highest BCUT2D eigenvalue weighted by Gasteiger charge is 2.37. The number of carbonyl (C=O) groups is 1. The molecule has 0 spiro atoms. The number of hydrogen-bond acceptors (Lipinski definition) is 4. The Balaban J connectivity index is 2.08. The van der Waals surface area contributed by atoms with E-state index >= 15 is 0 Å². The van der Waals surface area contributed by atoms with E-state index in [9.17, 15) is 31.1 Å². The molecule has 2 heterocycles. The van der Waals surface area contributed by atoms with Gasteiger partial charge in [0.1, 0.15) is 11.5 Å². The van der Waals surface area contributed by atoms with Crippen LogP contribution in [0.2, 0.25) is 5.15 Å². The van der Waals surface area contributed by atoms with Gasteiger partial charge in [-0.25, -0.2) is 14.6 Å². The molecule has 0 bridgehead atoms. The van der Waals surface area contributed by atoms with Crippen molar-refractivity contribution in [3.8, 4) is 11.4 Å². The summed E-state index contributed by atoms with van der Waals surface area (Å²) >= 11 is 5.93. The summed E-state index contributed by atoms with van der Waals surface area (Å²) in [6.45, 7) is 0. The molecule has 13 heteroatoms. The van der Waals surface area contributed by atoms with Crippen LogP contribution in [0.15, 0.2) is 42.9 Å². The zero-order valence-electron chi connectivity index (χ0n) is 15.0. The second kappa shape index (κ2) is 8.02. The Morgan fingerprint density at radius 2 is 1.65 bits per heavy atom. The number of halogens is 7. The van der Waals surface area contributed by atoms with E-state index in [4.69, 9.17) is 17.3 Å². The quantitative estimate of drug-likeness (QED) is 0.352. The Morgan fingerprint density at radius 3 is 2.16 bits per heavy atom. The van der Waals surface area contributed by atoms with Gasteiger partial charge < -0.3 is 5.73 Å². The van der Waals surface area contributed by atoms with E-state index in [-0.39, 0.29) is 22.4 Å². The Hall–Kier alpha value is -3.41. The first-order valence-electron chi connectivity index (χ1n) is 8.20. The van der Waals surface area contributed by atoms with E-state index in [1.54, 1.807) is 0 Å². The lowest BCUT2D eigenvalue weighted by molar-refractivity contribution is -0.143. The van der Waals surface area contributed by atoms with Crippen molar-refractivity contribution in [3.63, 3.8) is 0 Å². The zero-order chi connectivity index (χ0) is 23.0. The van der Waals surface area contributed by atoms with Gasteiger partial charge in [-0.15, -0.1) is 5.10 Å². The Kier molecular flexibility index (Phi) is 5.77. The molecular weight excluding hydrogens is 452 g/mol. The van der Waals surface area contributed by atoms with Gasteiger partial charge in [0, 0.05) is 23.5 Å². The molecule has 0 aliphatic heterocycles. The third-order valence-corrected chi connectivity index (χ3v) is 4.23. The van der Waals surface area contributed by atoms with Crippen molar-refractivity contribution in [3.05, 3.63) is 64.7 Å². The van der Waals surface area contributed by atoms with E-state index in [1.165, 1.54) is 18.3 Å². The van der Waals surface area contributed by atoms with Crippen LogP contribution in [0.1, 0.15) is 16.7 Å². The summed E-state index contributed by atoms with van der Waals surface area (Å²) in [5.74, 6) is -1.36. The average molecular weight is 462 g/mol. The van der Waals surface area contributed by atoms with Gasteiger partial charge in [0.25, 0.3) is 5.91 Å². The first kappa shape index (κ1) is 22.3. The maximum atomic E-state index is 13.1. The molecule has 0 atom stereocenters. The number of amides is 1. The van der Waals surface area contributed by atoms with Gasteiger partial charge in [-0.2, -0.15) is 26.3 Å². The first-order chi connectivity index (χ1) is 14.4. The Bertz CT molecular complexity index is 1140. The van der Waals surface area contributed by atoms with Crippen LogP contribution in [-0.4, -0.2) is 25.7 Å². The van der Waals surface area contributed by atoms with Crippen molar-refractivity contribution < 1.29 is 31.1 Å². The number of aromatic nitrogens is 4. The molecule has 1 amide bonds. The highest BCUT2D eigenvalue weighted by molar-refractivity contribution is 6.34. The van der Waals surface area contributed by atoms with E-state index in [1.807, 2.05) is 0 Å². The van der Waals surface area contributed by atoms with E-state index in [0.717, 1.165) is 17.2 Å². The van der Waals surface area contributed by atoms with Crippen LogP contribution in [0.3, 0.4) is 0 Å². The molecular formula is C18H10ClF6N5O. The van der Waals surface area contributed by atoms with Gasteiger partial charge in [-0.3, -0.25) is 4.79 Å². The van der Waals surface area contributed by atoms with Crippen molar-refractivity contribution in [2.45, 2.75) is 12.4 Å². The fourth-order valence-corrected chi connectivity index (χ4v) is 2.76. The van der Waals surface area contributed by atoms with E-state index in [0.29, 0.717) is 12.1 Å². The fraction of sp³-hybridized carbons (Fsp3) is 0.111. The van der Waals surface area contributed by atoms with Crippen LogP contribution in [0.5, 0.6) is 0 Å². The lowest BCUT2D eigenvalue weighted by Crippen LogP contribution is -2.14. The minimum absolute atomic E-state index is 0.00398. The van der Waals surface area contributed by atoms with Crippen molar-refractivity contribution in [1.29, 1.82) is 0 Å². The van der Waals surface area contributed by atoms with Crippen molar-refractivity contribution in [2.24, 2.45) is 5.73 Å². The Morgan fingerprint density at radius 1 is 1.03 bits per heavy atom. The number of rotatable bonds is 4. The molecule has 0 radical (unpaired) electrons. The van der Waals surface area contributed by atoms with Gasteiger partial charge in [-0.1, -0.05) is 11.6 Å². The molecule has 0 unspecified atom stereocenters. The van der Waals surface area contributed by atoms with Crippen LogP contribution >= 0.6 is 11.6 Å². The summed E-state index contributed by atoms with van der Waals surface area (Å²) in [5, 5.41) is 3.77. The number of pyridine rings is 1. The monoisotopic (exact) mass is 461 g/mol. The van der Waals surface area contributed by atoms with Gasteiger partial charge in [-0.05, 0) is 30.3 Å². The largest absolute Gasteiger partial charge is 0.416 e. The summed E-state index contributed by atoms with van der Waals surface area (Å²) in [6.07, 6.45) is -6.62. The molecule has 31 heavy (non-hydrogen) atoms. The maximum absolute atomic E-state index is 13.1. The Labute approximate surface area is 175 Å². The first-order valence-corrected chi connectivity index (χ1v) is 8.57. The zero-order valence-corrected chi connectivity index (χ0v) is 15.8. The average Bonchev–Trinajstić information content (AvgIpc) is 3.14. The van der Waals surface area contributed by atoms with Gasteiger partial charge >= 0.3 is 12.4 Å². The number of nitrogens with two attached hydrogens (primary N) is 1. The summed E-state index contributed by atoms with van der Waals surface area (Å²) in [7, 11) is 0.